The van der Waals surface area contributed by atoms with Crippen LogP contribution < -0.4 is 10.6 Å². The highest BCUT2D eigenvalue weighted by Crippen LogP contribution is 2.63. The summed E-state index contributed by atoms with van der Waals surface area (Å²) < 4.78 is 44.7. The van der Waals surface area contributed by atoms with Crippen molar-refractivity contribution in [2.75, 3.05) is 0 Å². The Morgan fingerprint density at radius 1 is 1.19 bits per heavy atom. The number of aliphatic hydroxyl groups is 1. The summed E-state index contributed by atoms with van der Waals surface area (Å²) >= 11 is 5.91. The molecule has 3 fully saturated rings. The molecule has 3 aliphatic carbocycles. The zero-order valence-electron chi connectivity index (χ0n) is 17.2. The van der Waals surface area contributed by atoms with Gasteiger partial charge in [0.05, 0.1) is 23.2 Å². The number of benzene rings is 1. The van der Waals surface area contributed by atoms with E-state index in [9.17, 15) is 27.9 Å². The van der Waals surface area contributed by atoms with Crippen LogP contribution in [0.5, 0.6) is 0 Å². The van der Waals surface area contributed by atoms with E-state index in [0.717, 1.165) is 12.1 Å². The summed E-state index contributed by atoms with van der Waals surface area (Å²) in [5, 5.41) is 15.3. The molecule has 2 amide bonds. The summed E-state index contributed by atoms with van der Waals surface area (Å²) in [6.07, 6.45) is 0.935. The minimum absolute atomic E-state index is 0.115. The van der Waals surface area contributed by atoms with Crippen LogP contribution in [0.4, 0.5) is 13.2 Å². The number of alkyl halides is 1. The van der Waals surface area contributed by atoms with Gasteiger partial charge in [-0.05, 0) is 62.5 Å². The number of nitrogens with one attached hydrogen (secondary N) is 2. The molecule has 5 nitrogen and oxygen atoms in total. The van der Waals surface area contributed by atoms with Crippen molar-refractivity contribution in [1.82, 2.24) is 10.6 Å². The average molecular weight is 459 g/mol. The van der Waals surface area contributed by atoms with E-state index in [0.29, 0.717) is 12.8 Å². The number of rotatable bonds is 5. The highest BCUT2D eigenvalue weighted by Gasteiger charge is 2.59. The molecule has 1 aromatic rings. The first-order chi connectivity index (χ1) is 14.5. The molecular weight excluding hydrogens is 433 g/mol. The maximum Gasteiger partial charge on any atom is 0.223 e. The van der Waals surface area contributed by atoms with Gasteiger partial charge in [-0.15, -0.1) is 0 Å². The highest BCUT2D eigenvalue weighted by molar-refractivity contribution is 6.30. The molecule has 9 heteroatoms. The van der Waals surface area contributed by atoms with Crippen molar-refractivity contribution in [3.05, 3.63) is 34.4 Å². The topological polar surface area (TPSA) is 78.4 Å². The number of carbonyl (C=O) groups is 2. The van der Waals surface area contributed by atoms with E-state index in [2.05, 4.69) is 10.6 Å². The Morgan fingerprint density at radius 2 is 1.87 bits per heavy atom. The number of fused-ring (bicyclic) bond motifs is 2. The van der Waals surface area contributed by atoms with Gasteiger partial charge in [0.25, 0.3) is 0 Å². The first-order valence-corrected chi connectivity index (χ1v) is 11.0. The number of hydrogen-bond donors (Lipinski definition) is 3. The third-order valence-electron chi connectivity index (χ3n) is 7.37. The van der Waals surface area contributed by atoms with Crippen molar-refractivity contribution in [2.24, 2.45) is 11.3 Å². The van der Waals surface area contributed by atoms with E-state index in [1.165, 1.54) is 6.92 Å². The highest BCUT2D eigenvalue weighted by atomic mass is 35.5. The minimum Gasteiger partial charge on any atom is -0.391 e. The van der Waals surface area contributed by atoms with Crippen LogP contribution >= 0.6 is 11.6 Å². The number of carbonyl (C=O) groups excluding carboxylic acids is 2. The molecule has 3 N–H and O–H groups in total. The van der Waals surface area contributed by atoms with E-state index in [1.54, 1.807) is 0 Å². The van der Waals surface area contributed by atoms with E-state index in [4.69, 9.17) is 11.6 Å². The van der Waals surface area contributed by atoms with Crippen molar-refractivity contribution in [2.45, 2.75) is 75.7 Å². The number of halogens is 4. The summed E-state index contributed by atoms with van der Waals surface area (Å²) in [5.74, 6) is -3.23. The van der Waals surface area contributed by atoms with Gasteiger partial charge in [0, 0.05) is 18.4 Å². The van der Waals surface area contributed by atoms with Gasteiger partial charge in [-0.2, -0.15) is 0 Å². The van der Waals surface area contributed by atoms with Crippen LogP contribution in [-0.2, 0) is 9.59 Å². The molecule has 2 bridgehead atoms. The molecule has 4 rings (SSSR count). The quantitative estimate of drug-likeness (QED) is 0.588. The van der Waals surface area contributed by atoms with Gasteiger partial charge in [0.2, 0.25) is 11.8 Å². The molecule has 0 aliphatic heterocycles. The molecule has 4 atom stereocenters. The summed E-state index contributed by atoms with van der Waals surface area (Å²) in [5.41, 5.74) is -2.52. The fraction of sp³-hybridized carbons (Fsp3) is 0.636. The van der Waals surface area contributed by atoms with Crippen LogP contribution in [0.1, 0.15) is 63.5 Å². The van der Waals surface area contributed by atoms with Crippen molar-refractivity contribution in [3.8, 4) is 0 Å². The summed E-state index contributed by atoms with van der Waals surface area (Å²) in [4.78, 5) is 24.4. The number of amides is 2. The lowest BCUT2D eigenvalue weighted by molar-refractivity contribution is -0.127. The molecular formula is C22H26ClF3N2O3. The lowest BCUT2D eigenvalue weighted by atomic mass is 9.74. The Hall–Kier alpha value is -1.80. The second-order valence-electron chi connectivity index (χ2n) is 9.43. The molecule has 0 spiro atoms. The third kappa shape index (κ3) is 4.04. The predicted octanol–water partition coefficient (Wildman–Crippen LogP) is 3.72. The first kappa shape index (κ1) is 22.4. The van der Waals surface area contributed by atoms with Crippen molar-refractivity contribution >= 4 is 23.4 Å². The smallest absolute Gasteiger partial charge is 0.223 e. The van der Waals surface area contributed by atoms with Crippen LogP contribution in [0.25, 0.3) is 0 Å². The van der Waals surface area contributed by atoms with Gasteiger partial charge in [-0.3, -0.25) is 9.59 Å². The van der Waals surface area contributed by atoms with E-state index < -0.39 is 52.7 Å². The summed E-state index contributed by atoms with van der Waals surface area (Å²) in [6.45, 7) is 1.32. The molecule has 31 heavy (non-hydrogen) atoms. The van der Waals surface area contributed by atoms with Gasteiger partial charge < -0.3 is 15.7 Å². The molecule has 0 saturated heterocycles. The lowest BCUT2D eigenvalue weighted by Gasteiger charge is -2.37. The SMILES string of the molecule is CC(=O)N[C@H]1C[C@@H](C(=O)N[C@H](c2c(F)ccc(Cl)c2F)C23CCC(F)(CC2)C3)C[C@H]1O. The van der Waals surface area contributed by atoms with Crippen molar-refractivity contribution in [1.29, 1.82) is 0 Å². The zero-order chi connectivity index (χ0) is 22.6. The Kier molecular flexibility index (Phi) is 5.75. The first-order valence-electron chi connectivity index (χ1n) is 10.6. The fourth-order valence-electron chi connectivity index (χ4n) is 5.82. The fourth-order valence-corrected chi connectivity index (χ4v) is 5.98. The standard InChI is InChI=1S/C22H26ClF3N2O3/c1-11(29)27-15-8-12(9-16(15)30)20(31)28-19(17-14(24)3-2-13(23)18(17)25)21-4-6-22(26,10-21)7-5-21/h2-3,12,15-16,19,30H,4-10H2,1H3,(H,27,29)(H,28,31)/t12-,15+,16-,19-,21?,22?/m1/s1. The molecule has 0 heterocycles. The Bertz CT molecular complexity index is 904. The van der Waals surface area contributed by atoms with Crippen molar-refractivity contribution < 1.29 is 27.9 Å². The normalized spacial score (nSPS) is 35.2. The van der Waals surface area contributed by atoms with Gasteiger partial charge in [0.1, 0.15) is 17.3 Å². The van der Waals surface area contributed by atoms with Crippen LogP contribution in [0.3, 0.4) is 0 Å². The molecule has 0 radical (unpaired) electrons. The summed E-state index contributed by atoms with van der Waals surface area (Å²) in [7, 11) is 0. The minimum atomic E-state index is -1.38. The van der Waals surface area contributed by atoms with Crippen LogP contribution in [0.15, 0.2) is 12.1 Å². The van der Waals surface area contributed by atoms with Gasteiger partial charge in [0.15, 0.2) is 0 Å². The second-order valence-corrected chi connectivity index (χ2v) is 9.84. The number of hydrogen-bond acceptors (Lipinski definition) is 3. The van der Waals surface area contributed by atoms with Gasteiger partial charge >= 0.3 is 0 Å². The average Bonchev–Trinajstić information content (AvgIpc) is 3.35. The monoisotopic (exact) mass is 458 g/mol. The Balaban J connectivity index is 1.63. The Morgan fingerprint density at radius 3 is 2.45 bits per heavy atom. The zero-order valence-corrected chi connectivity index (χ0v) is 17.9. The summed E-state index contributed by atoms with van der Waals surface area (Å²) in [6, 6.07) is 0.520. The maximum absolute atomic E-state index is 15.0. The van der Waals surface area contributed by atoms with Crippen LogP contribution in [0.2, 0.25) is 5.02 Å². The molecule has 0 aromatic heterocycles. The third-order valence-corrected chi connectivity index (χ3v) is 7.66. The second kappa shape index (κ2) is 7.96. The molecule has 170 valence electrons. The molecule has 0 unspecified atom stereocenters. The van der Waals surface area contributed by atoms with Crippen LogP contribution in [0, 0.1) is 23.0 Å². The van der Waals surface area contributed by atoms with Gasteiger partial charge in [-0.1, -0.05) is 11.6 Å². The molecule has 3 aliphatic rings. The number of aliphatic hydroxyl groups excluding tert-OH is 1. The Labute approximate surface area is 183 Å². The van der Waals surface area contributed by atoms with E-state index in [-0.39, 0.29) is 48.6 Å². The maximum atomic E-state index is 15.0. The van der Waals surface area contributed by atoms with E-state index in [1.807, 2.05) is 0 Å². The molecule has 3 saturated carbocycles. The predicted molar refractivity (Wildman–Crippen MR) is 108 cm³/mol. The van der Waals surface area contributed by atoms with Crippen LogP contribution in [-0.4, -0.2) is 34.7 Å². The largest absolute Gasteiger partial charge is 0.391 e. The van der Waals surface area contributed by atoms with Crippen molar-refractivity contribution in [3.63, 3.8) is 0 Å². The van der Waals surface area contributed by atoms with E-state index >= 15 is 0 Å². The van der Waals surface area contributed by atoms with Gasteiger partial charge in [-0.25, -0.2) is 13.2 Å². The molecule has 1 aromatic carbocycles. The lowest BCUT2D eigenvalue weighted by Crippen LogP contribution is -2.42.